The lowest BCUT2D eigenvalue weighted by molar-refractivity contribution is -0.118. The van der Waals surface area contributed by atoms with Crippen molar-refractivity contribution in [2.45, 2.75) is 13.8 Å². The molecule has 0 unspecified atom stereocenters. The summed E-state index contributed by atoms with van der Waals surface area (Å²) in [4.78, 5) is 11.9. The fourth-order valence-electron chi connectivity index (χ4n) is 1.95. The van der Waals surface area contributed by atoms with Crippen molar-refractivity contribution in [2.75, 3.05) is 11.9 Å². The smallest absolute Gasteiger partial charge is 0.262 e. The van der Waals surface area contributed by atoms with Gasteiger partial charge < -0.3 is 10.1 Å². The van der Waals surface area contributed by atoms with Crippen LogP contribution in [0.4, 0.5) is 5.69 Å². The molecule has 21 heavy (non-hydrogen) atoms. The molecule has 1 N–H and O–H groups in total. The van der Waals surface area contributed by atoms with Gasteiger partial charge in [0.25, 0.3) is 5.91 Å². The number of ether oxygens (including phenoxy) is 1. The minimum Gasteiger partial charge on any atom is -0.482 e. The standard InChI is InChI=1S/C16H15BrClNO2/c1-10-7-11(2)16(14(17)8-10)21-9-15(20)19-13-5-3-12(18)4-6-13/h3-8H,9H2,1-2H3,(H,19,20). The van der Waals surface area contributed by atoms with E-state index >= 15 is 0 Å². The molecule has 0 spiro atoms. The number of carbonyl (C=O) groups is 1. The lowest BCUT2D eigenvalue weighted by Crippen LogP contribution is -2.20. The van der Waals surface area contributed by atoms with Crippen LogP contribution in [0.15, 0.2) is 40.9 Å². The van der Waals surface area contributed by atoms with E-state index in [0.29, 0.717) is 16.5 Å². The van der Waals surface area contributed by atoms with Crippen molar-refractivity contribution in [2.24, 2.45) is 0 Å². The molecule has 2 rings (SSSR count). The van der Waals surface area contributed by atoms with Gasteiger partial charge in [0, 0.05) is 10.7 Å². The second-order valence-electron chi connectivity index (χ2n) is 4.74. The average molecular weight is 369 g/mol. The second kappa shape index (κ2) is 6.96. The van der Waals surface area contributed by atoms with Gasteiger partial charge in [-0.1, -0.05) is 17.7 Å². The molecular weight excluding hydrogens is 354 g/mol. The molecule has 0 aromatic heterocycles. The van der Waals surface area contributed by atoms with Gasteiger partial charge in [-0.3, -0.25) is 4.79 Å². The van der Waals surface area contributed by atoms with Crippen molar-refractivity contribution in [3.63, 3.8) is 0 Å². The number of anilines is 1. The summed E-state index contributed by atoms with van der Waals surface area (Å²) in [5.74, 6) is 0.469. The molecule has 0 aliphatic carbocycles. The number of nitrogens with one attached hydrogen (secondary N) is 1. The van der Waals surface area contributed by atoms with Gasteiger partial charge in [0.15, 0.2) is 6.61 Å². The van der Waals surface area contributed by atoms with Crippen molar-refractivity contribution in [1.29, 1.82) is 0 Å². The molecule has 2 aromatic carbocycles. The zero-order valence-electron chi connectivity index (χ0n) is 11.7. The minimum absolute atomic E-state index is 0.0505. The van der Waals surface area contributed by atoms with Gasteiger partial charge in [-0.05, 0) is 71.2 Å². The van der Waals surface area contributed by atoms with E-state index in [2.05, 4.69) is 21.2 Å². The fourth-order valence-corrected chi connectivity index (χ4v) is 2.87. The van der Waals surface area contributed by atoms with Crippen LogP contribution in [0.3, 0.4) is 0 Å². The van der Waals surface area contributed by atoms with Crippen molar-refractivity contribution < 1.29 is 9.53 Å². The quantitative estimate of drug-likeness (QED) is 0.846. The van der Waals surface area contributed by atoms with Crippen molar-refractivity contribution in [3.8, 4) is 5.75 Å². The molecule has 1 amide bonds. The molecular formula is C16H15BrClNO2. The first-order chi connectivity index (χ1) is 9.95. The normalized spacial score (nSPS) is 10.3. The Balaban J connectivity index is 1.97. The number of rotatable bonds is 4. The van der Waals surface area contributed by atoms with Crippen LogP contribution in [0.1, 0.15) is 11.1 Å². The summed E-state index contributed by atoms with van der Waals surface area (Å²) < 4.78 is 6.44. The van der Waals surface area contributed by atoms with E-state index in [9.17, 15) is 4.79 Å². The molecule has 3 nitrogen and oxygen atoms in total. The predicted octanol–water partition coefficient (Wildman–Crippen LogP) is 4.74. The first kappa shape index (κ1) is 15.9. The Labute approximate surface area is 137 Å². The summed E-state index contributed by atoms with van der Waals surface area (Å²) in [7, 11) is 0. The van der Waals surface area contributed by atoms with E-state index in [1.807, 2.05) is 26.0 Å². The van der Waals surface area contributed by atoms with E-state index in [1.165, 1.54) is 0 Å². The van der Waals surface area contributed by atoms with Crippen LogP contribution in [0.25, 0.3) is 0 Å². The summed E-state index contributed by atoms with van der Waals surface area (Å²) in [5, 5.41) is 3.38. The van der Waals surface area contributed by atoms with Gasteiger partial charge in [-0.2, -0.15) is 0 Å². The number of halogens is 2. The number of aryl methyl sites for hydroxylation is 2. The largest absolute Gasteiger partial charge is 0.482 e. The molecule has 2 aromatic rings. The minimum atomic E-state index is -0.218. The maximum atomic E-state index is 11.9. The first-order valence-electron chi connectivity index (χ1n) is 6.40. The number of hydrogen-bond donors (Lipinski definition) is 1. The third-order valence-electron chi connectivity index (χ3n) is 2.85. The fraction of sp³-hybridized carbons (Fsp3) is 0.188. The van der Waals surface area contributed by atoms with Crippen LogP contribution in [-0.4, -0.2) is 12.5 Å². The summed E-state index contributed by atoms with van der Waals surface area (Å²) in [5.41, 5.74) is 2.81. The highest BCUT2D eigenvalue weighted by atomic mass is 79.9. The molecule has 0 heterocycles. The predicted molar refractivity (Wildman–Crippen MR) is 89.2 cm³/mol. The van der Waals surface area contributed by atoms with E-state index in [-0.39, 0.29) is 12.5 Å². The van der Waals surface area contributed by atoms with Gasteiger partial charge in [0.05, 0.1) is 4.47 Å². The van der Waals surface area contributed by atoms with Crippen LogP contribution in [-0.2, 0) is 4.79 Å². The molecule has 5 heteroatoms. The number of hydrogen-bond acceptors (Lipinski definition) is 2. The van der Waals surface area contributed by atoms with E-state index in [4.69, 9.17) is 16.3 Å². The third kappa shape index (κ3) is 4.48. The van der Waals surface area contributed by atoms with Gasteiger partial charge >= 0.3 is 0 Å². The molecule has 0 atom stereocenters. The Bertz CT molecular complexity index is 633. The molecule has 0 saturated heterocycles. The summed E-state index contributed by atoms with van der Waals surface area (Å²) >= 11 is 9.25. The second-order valence-corrected chi connectivity index (χ2v) is 6.03. The highest BCUT2D eigenvalue weighted by Gasteiger charge is 2.09. The number of benzene rings is 2. The third-order valence-corrected chi connectivity index (χ3v) is 3.69. The summed E-state index contributed by atoms with van der Waals surface area (Å²) in [6, 6.07) is 10.9. The van der Waals surface area contributed by atoms with E-state index in [0.717, 1.165) is 15.6 Å². The van der Waals surface area contributed by atoms with Crippen LogP contribution in [0.5, 0.6) is 5.75 Å². The zero-order chi connectivity index (χ0) is 15.4. The molecule has 110 valence electrons. The summed E-state index contributed by atoms with van der Waals surface area (Å²) in [6.45, 7) is 3.91. The van der Waals surface area contributed by atoms with Gasteiger partial charge in [0.1, 0.15) is 5.75 Å². The lowest BCUT2D eigenvalue weighted by atomic mass is 10.1. The topological polar surface area (TPSA) is 38.3 Å². The van der Waals surface area contributed by atoms with E-state index in [1.54, 1.807) is 24.3 Å². The molecule has 0 bridgehead atoms. The Morgan fingerprint density at radius 2 is 1.90 bits per heavy atom. The van der Waals surface area contributed by atoms with Crippen LogP contribution in [0.2, 0.25) is 5.02 Å². The van der Waals surface area contributed by atoms with Crippen molar-refractivity contribution in [1.82, 2.24) is 0 Å². The Kier molecular flexibility index (Phi) is 5.26. The maximum Gasteiger partial charge on any atom is 0.262 e. The molecule has 0 fully saturated rings. The number of amides is 1. The SMILES string of the molecule is Cc1cc(C)c(OCC(=O)Nc2ccc(Cl)cc2)c(Br)c1. The van der Waals surface area contributed by atoms with Crippen molar-refractivity contribution in [3.05, 3.63) is 57.0 Å². The highest BCUT2D eigenvalue weighted by Crippen LogP contribution is 2.30. The van der Waals surface area contributed by atoms with Crippen molar-refractivity contribution >= 4 is 39.1 Å². The first-order valence-corrected chi connectivity index (χ1v) is 7.58. The highest BCUT2D eigenvalue weighted by molar-refractivity contribution is 9.10. The Morgan fingerprint density at radius 1 is 1.24 bits per heavy atom. The summed E-state index contributed by atoms with van der Waals surface area (Å²) in [6.07, 6.45) is 0. The molecule has 0 saturated carbocycles. The zero-order valence-corrected chi connectivity index (χ0v) is 14.1. The monoisotopic (exact) mass is 367 g/mol. The Hall–Kier alpha value is -1.52. The van der Waals surface area contributed by atoms with Crippen LogP contribution in [0, 0.1) is 13.8 Å². The van der Waals surface area contributed by atoms with E-state index < -0.39 is 0 Å². The molecule has 0 radical (unpaired) electrons. The number of carbonyl (C=O) groups excluding carboxylic acids is 1. The van der Waals surface area contributed by atoms with Gasteiger partial charge in [0.2, 0.25) is 0 Å². The van der Waals surface area contributed by atoms with Crippen LogP contribution < -0.4 is 10.1 Å². The van der Waals surface area contributed by atoms with Gasteiger partial charge in [-0.25, -0.2) is 0 Å². The molecule has 0 aliphatic rings. The average Bonchev–Trinajstić information content (AvgIpc) is 2.40. The molecule has 0 aliphatic heterocycles. The Morgan fingerprint density at radius 3 is 2.52 bits per heavy atom. The maximum absolute atomic E-state index is 11.9. The van der Waals surface area contributed by atoms with Crippen LogP contribution >= 0.6 is 27.5 Å². The van der Waals surface area contributed by atoms with Gasteiger partial charge in [-0.15, -0.1) is 0 Å². The lowest BCUT2D eigenvalue weighted by Gasteiger charge is -2.12.